The molecule has 3 heteroatoms. The van der Waals surface area contributed by atoms with Gasteiger partial charge in [0.15, 0.2) is 0 Å². The first-order chi connectivity index (χ1) is 8.85. The standard InChI is InChI=1S/C15H26N2S/c1-3-6-14(15-7-5-10-18-15)17-9-8-13(12-17)11-16-4-2/h5,7,10,13-14,16H,3-4,6,8-9,11-12H2,1-2H3. The molecule has 1 aromatic heterocycles. The fourth-order valence-corrected chi connectivity index (χ4v) is 3.82. The summed E-state index contributed by atoms with van der Waals surface area (Å²) in [6.07, 6.45) is 3.93. The Morgan fingerprint density at radius 2 is 2.39 bits per heavy atom. The molecule has 1 N–H and O–H groups in total. The van der Waals surface area contributed by atoms with E-state index in [9.17, 15) is 0 Å². The van der Waals surface area contributed by atoms with Crippen molar-refractivity contribution in [2.45, 2.75) is 39.2 Å². The van der Waals surface area contributed by atoms with Crippen molar-refractivity contribution in [3.05, 3.63) is 22.4 Å². The summed E-state index contributed by atoms with van der Waals surface area (Å²) in [5.41, 5.74) is 0. The monoisotopic (exact) mass is 266 g/mol. The van der Waals surface area contributed by atoms with Gasteiger partial charge in [-0.1, -0.05) is 26.3 Å². The lowest BCUT2D eigenvalue weighted by Crippen LogP contribution is -2.29. The average molecular weight is 266 g/mol. The molecule has 1 fully saturated rings. The second-order valence-corrected chi connectivity index (χ2v) is 6.26. The van der Waals surface area contributed by atoms with Gasteiger partial charge in [0.25, 0.3) is 0 Å². The van der Waals surface area contributed by atoms with Crippen molar-refractivity contribution in [3.8, 4) is 0 Å². The number of likely N-dealkylation sites (tertiary alicyclic amines) is 1. The van der Waals surface area contributed by atoms with E-state index >= 15 is 0 Å². The van der Waals surface area contributed by atoms with Crippen LogP contribution < -0.4 is 5.32 Å². The van der Waals surface area contributed by atoms with Crippen LogP contribution in [0.25, 0.3) is 0 Å². The predicted molar refractivity (Wildman–Crippen MR) is 80.2 cm³/mol. The van der Waals surface area contributed by atoms with Crippen LogP contribution in [0, 0.1) is 5.92 Å². The molecule has 0 saturated carbocycles. The fourth-order valence-electron chi connectivity index (χ4n) is 2.92. The van der Waals surface area contributed by atoms with Gasteiger partial charge >= 0.3 is 0 Å². The summed E-state index contributed by atoms with van der Waals surface area (Å²) >= 11 is 1.92. The predicted octanol–water partition coefficient (Wildman–Crippen LogP) is 3.52. The summed E-state index contributed by atoms with van der Waals surface area (Å²) in [4.78, 5) is 4.26. The van der Waals surface area contributed by atoms with Crippen LogP contribution >= 0.6 is 11.3 Å². The van der Waals surface area contributed by atoms with E-state index < -0.39 is 0 Å². The van der Waals surface area contributed by atoms with E-state index in [1.165, 1.54) is 38.9 Å². The van der Waals surface area contributed by atoms with Crippen molar-refractivity contribution in [2.24, 2.45) is 5.92 Å². The van der Waals surface area contributed by atoms with E-state index in [-0.39, 0.29) is 0 Å². The smallest absolute Gasteiger partial charge is 0.0441 e. The zero-order valence-electron chi connectivity index (χ0n) is 11.7. The van der Waals surface area contributed by atoms with Gasteiger partial charge in [-0.15, -0.1) is 11.3 Å². The maximum Gasteiger partial charge on any atom is 0.0441 e. The third-order valence-electron chi connectivity index (χ3n) is 3.87. The van der Waals surface area contributed by atoms with Crippen LogP contribution in [-0.2, 0) is 0 Å². The summed E-state index contributed by atoms with van der Waals surface area (Å²) in [7, 11) is 0. The molecule has 0 bridgehead atoms. The highest BCUT2D eigenvalue weighted by Crippen LogP contribution is 2.33. The molecule has 0 spiro atoms. The third kappa shape index (κ3) is 3.56. The van der Waals surface area contributed by atoms with E-state index in [1.54, 1.807) is 4.88 Å². The molecular weight excluding hydrogens is 240 g/mol. The Labute approximate surface area is 115 Å². The van der Waals surface area contributed by atoms with E-state index in [1.807, 2.05) is 11.3 Å². The molecule has 0 radical (unpaired) electrons. The van der Waals surface area contributed by atoms with Gasteiger partial charge < -0.3 is 5.32 Å². The van der Waals surface area contributed by atoms with Crippen molar-refractivity contribution in [1.29, 1.82) is 0 Å². The Kier molecular flexibility index (Phi) is 5.67. The number of hydrogen-bond donors (Lipinski definition) is 1. The van der Waals surface area contributed by atoms with Gasteiger partial charge in [-0.25, -0.2) is 0 Å². The molecule has 2 atom stereocenters. The van der Waals surface area contributed by atoms with Crippen molar-refractivity contribution in [2.75, 3.05) is 26.2 Å². The van der Waals surface area contributed by atoms with Crippen LogP contribution in [0.15, 0.2) is 17.5 Å². The van der Waals surface area contributed by atoms with Gasteiger partial charge in [0.1, 0.15) is 0 Å². The number of nitrogens with one attached hydrogen (secondary N) is 1. The highest BCUT2D eigenvalue weighted by Gasteiger charge is 2.28. The fraction of sp³-hybridized carbons (Fsp3) is 0.733. The molecule has 2 rings (SSSR count). The number of hydrogen-bond acceptors (Lipinski definition) is 3. The van der Waals surface area contributed by atoms with Gasteiger partial charge in [0, 0.05) is 17.5 Å². The minimum Gasteiger partial charge on any atom is -0.317 e. The third-order valence-corrected chi connectivity index (χ3v) is 4.85. The van der Waals surface area contributed by atoms with E-state index in [4.69, 9.17) is 0 Å². The molecule has 2 unspecified atom stereocenters. The zero-order chi connectivity index (χ0) is 12.8. The van der Waals surface area contributed by atoms with Crippen LogP contribution in [0.1, 0.15) is 44.0 Å². The maximum absolute atomic E-state index is 3.49. The lowest BCUT2D eigenvalue weighted by molar-refractivity contribution is 0.226. The zero-order valence-corrected chi connectivity index (χ0v) is 12.5. The normalized spacial score (nSPS) is 22.4. The van der Waals surface area contributed by atoms with Crippen LogP contribution in [0.3, 0.4) is 0 Å². The van der Waals surface area contributed by atoms with Crippen molar-refractivity contribution in [3.63, 3.8) is 0 Å². The van der Waals surface area contributed by atoms with Crippen molar-refractivity contribution < 1.29 is 0 Å². The minimum absolute atomic E-state index is 0.668. The maximum atomic E-state index is 3.49. The Balaban J connectivity index is 1.92. The van der Waals surface area contributed by atoms with Crippen molar-refractivity contribution in [1.82, 2.24) is 10.2 Å². The quantitative estimate of drug-likeness (QED) is 0.812. The minimum atomic E-state index is 0.668. The van der Waals surface area contributed by atoms with Crippen molar-refractivity contribution >= 4 is 11.3 Å². The molecule has 1 aromatic rings. The Morgan fingerprint density at radius 3 is 3.06 bits per heavy atom. The molecule has 102 valence electrons. The van der Waals surface area contributed by atoms with Crippen LogP contribution in [0.5, 0.6) is 0 Å². The molecule has 2 nitrogen and oxygen atoms in total. The Hall–Kier alpha value is -0.380. The topological polar surface area (TPSA) is 15.3 Å². The van der Waals surface area contributed by atoms with Crippen LogP contribution in [-0.4, -0.2) is 31.1 Å². The highest BCUT2D eigenvalue weighted by atomic mass is 32.1. The summed E-state index contributed by atoms with van der Waals surface area (Å²) in [6, 6.07) is 5.17. The lowest BCUT2D eigenvalue weighted by Gasteiger charge is -2.27. The Bertz CT molecular complexity index is 323. The molecule has 0 amide bonds. The largest absolute Gasteiger partial charge is 0.317 e. The van der Waals surface area contributed by atoms with Gasteiger partial charge in [0.05, 0.1) is 0 Å². The van der Waals surface area contributed by atoms with E-state index in [0.29, 0.717) is 6.04 Å². The second kappa shape index (κ2) is 7.27. The highest BCUT2D eigenvalue weighted by molar-refractivity contribution is 7.10. The number of nitrogens with zero attached hydrogens (tertiary/aromatic N) is 1. The summed E-state index contributed by atoms with van der Waals surface area (Å²) in [5, 5.41) is 5.70. The average Bonchev–Trinajstić information content (AvgIpc) is 3.05. The molecule has 18 heavy (non-hydrogen) atoms. The number of thiophene rings is 1. The van der Waals surface area contributed by atoms with Gasteiger partial charge in [-0.05, 0) is 49.8 Å². The van der Waals surface area contributed by atoms with E-state index in [2.05, 4.69) is 41.6 Å². The summed E-state index contributed by atoms with van der Waals surface area (Å²) in [5.74, 6) is 0.851. The first-order valence-electron chi connectivity index (χ1n) is 7.33. The SMILES string of the molecule is CCCC(c1cccs1)N1CCC(CNCC)C1. The van der Waals surface area contributed by atoms with Gasteiger partial charge in [-0.3, -0.25) is 4.90 Å². The molecule has 0 aliphatic carbocycles. The molecule has 1 aliphatic rings. The second-order valence-electron chi connectivity index (χ2n) is 5.28. The molecule has 0 aromatic carbocycles. The molecule has 1 aliphatic heterocycles. The summed E-state index contributed by atoms with van der Waals surface area (Å²) < 4.78 is 0. The first-order valence-corrected chi connectivity index (χ1v) is 8.21. The van der Waals surface area contributed by atoms with Gasteiger partial charge in [0.2, 0.25) is 0 Å². The van der Waals surface area contributed by atoms with Crippen LogP contribution in [0.4, 0.5) is 0 Å². The molecule has 1 saturated heterocycles. The molecular formula is C15H26N2S. The Morgan fingerprint density at radius 1 is 1.50 bits per heavy atom. The number of rotatable bonds is 7. The summed E-state index contributed by atoms with van der Waals surface area (Å²) in [6.45, 7) is 9.33. The van der Waals surface area contributed by atoms with E-state index in [0.717, 1.165) is 12.5 Å². The lowest BCUT2D eigenvalue weighted by atomic mass is 10.1. The van der Waals surface area contributed by atoms with Crippen LogP contribution in [0.2, 0.25) is 0 Å². The molecule has 2 heterocycles. The van der Waals surface area contributed by atoms with Gasteiger partial charge in [-0.2, -0.15) is 0 Å². The first kappa shape index (κ1) is 14.0.